The number of hydrogen-bond acceptors (Lipinski definition) is 9. The van der Waals surface area contributed by atoms with Crippen LogP contribution in [0.4, 0.5) is 0 Å². The zero-order valence-electron chi connectivity index (χ0n) is 19.3. The third kappa shape index (κ3) is 16.8. The van der Waals surface area contributed by atoms with Crippen molar-refractivity contribution in [1.29, 1.82) is 0 Å². The Balaban J connectivity index is 0.00000181. The third-order valence-electron chi connectivity index (χ3n) is 4.34. The van der Waals surface area contributed by atoms with E-state index in [4.69, 9.17) is 5.73 Å². The molecule has 2 rings (SSSR count). The average Bonchev–Trinajstić information content (AvgIpc) is 3.56. The van der Waals surface area contributed by atoms with Crippen molar-refractivity contribution in [3.8, 4) is 0 Å². The molecule has 10 radical (unpaired) electrons. The van der Waals surface area contributed by atoms with E-state index in [9.17, 15) is 34.2 Å². The van der Waals surface area contributed by atoms with Gasteiger partial charge in [-0.2, -0.15) is 0 Å². The number of aliphatic carboxylic acids is 2. The van der Waals surface area contributed by atoms with Gasteiger partial charge in [0.25, 0.3) is 0 Å². The maximum atomic E-state index is 12.1. The number of nitrogens with two attached hydrogens (primary N) is 1. The predicted molar refractivity (Wildman–Crippen MR) is 124 cm³/mol. The Morgan fingerprint density at radius 3 is 2.00 bits per heavy atom. The van der Waals surface area contributed by atoms with Crippen LogP contribution in [0.2, 0.25) is 0 Å². The summed E-state index contributed by atoms with van der Waals surface area (Å²) in [4.78, 5) is 57.1. The molecule has 0 aliphatic heterocycles. The third-order valence-corrected chi connectivity index (χ3v) is 5.37. The van der Waals surface area contributed by atoms with E-state index in [1.54, 1.807) is 0 Å². The molecule has 0 unspecified atom stereocenters. The fraction of sp³-hybridized carbons (Fsp3) is 0.348. The zero-order valence-corrected chi connectivity index (χ0v) is 21.2. The number of carboxylic acid groups (broad SMARTS) is 2. The summed E-state index contributed by atoms with van der Waals surface area (Å²) in [6.07, 6.45) is 16.9. The Labute approximate surface area is 227 Å². The molecular weight excluding hydrogens is 532 g/mol. The zero-order chi connectivity index (χ0) is 26.1. The van der Waals surface area contributed by atoms with Crippen LogP contribution in [0, 0.1) is 63.7 Å². The van der Waals surface area contributed by atoms with E-state index >= 15 is 0 Å². The second-order valence-corrected chi connectivity index (χ2v) is 8.25. The van der Waals surface area contributed by atoms with E-state index in [1.807, 2.05) is 57.8 Å². The van der Waals surface area contributed by atoms with Gasteiger partial charge in [0.05, 0.1) is 24.2 Å². The summed E-state index contributed by atoms with van der Waals surface area (Å²) in [5, 5.41) is 28.3. The van der Waals surface area contributed by atoms with E-state index in [1.165, 1.54) is 0 Å². The molecule has 0 aromatic carbocycles. The second-order valence-electron chi connectivity index (χ2n) is 7.22. The molecule has 0 heterocycles. The summed E-state index contributed by atoms with van der Waals surface area (Å²) in [5.41, 5.74) is 5.27. The Morgan fingerprint density at radius 2 is 1.47 bits per heavy atom. The number of thioether (sulfide) groups is 1. The topological polar surface area (TPSA) is 194 Å². The summed E-state index contributed by atoms with van der Waals surface area (Å²) in [6, 6.07) is -2.47. The van der Waals surface area contributed by atoms with Crippen LogP contribution in [-0.2, 0) is 41.0 Å². The van der Waals surface area contributed by atoms with Gasteiger partial charge in [-0.1, -0.05) is 0 Å². The molecule has 0 saturated heterocycles. The first-order chi connectivity index (χ1) is 16.7. The first-order valence-electron chi connectivity index (χ1n) is 10.6. The van der Waals surface area contributed by atoms with Crippen molar-refractivity contribution in [2.45, 2.75) is 24.9 Å². The molecule has 0 aromatic heterocycles. The quantitative estimate of drug-likeness (QED) is 0.156. The van der Waals surface area contributed by atoms with Gasteiger partial charge in [-0.15, -0.1) is 11.8 Å². The second kappa shape index (κ2) is 20.3. The number of carbonyl (C=O) groups is 5. The average molecular weight is 560 g/mol. The first-order valence-corrected chi connectivity index (χ1v) is 11.8. The summed E-state index contributed by atoms with van der Waals surface area (Å²) in [5.74, 6) is -3.78. The van der Waals surface area contributed by atoms with Crippen LogP contribution in [0.15, 0.2) is 0 Å². The maximum Gasteiger partial charge on any atom is 2.00 e. The number of amides is 3. The molecule has 36 heavy (non-hydrogen) atoms. The van der Waals surface area contributed by atoms with Crippen molar-refractivity contribution < 1.29 is 51.3 Å². The fourth-order valence-corrected chi connectivity index (χ4v) is 3.39. The minimum absolute atomic E-state index is 0. The van der Waals surface area contributed by atoms with Gasteiger partial charge in [-0.3, -0.25) is 14.4 Å². The van der Waals surface area contributed by atoms with Gasteiger partial charge in [0.1, 0.15) is 6.04 Å². The fourth-order valence-electron chi connectivity index (χ4n) is 2.51. The van der Waals surface area contributed by atoms with Gasteiger partial charge in [0, 0.05) is 30.7 Å². The smallest absolute Gasteiger partial charge is 0.548 e. The maximum absolute atomic E-state index is 12.1. The van der Waals surface area contributed by atoms with Gasteiger partial charge in [-0.25, -0.2) is 0 Å². The molecule has 2 fully saturated rings. The predicted octanol–water partition coefficient (Wildman–Crippen LogP) is -3.53. The molecule has 2 aliphatic rings. The number of carbonyl (C=O) groups excluding carboxylic acids is 5. The summed E-state index contributed by atoms with van der Waals surface area (Å²) < 4.78 is 0. The molecule has 0 aromatic rings. The molecule has 3 amide bonds. The largest absolute Gasteiger partial charge is 2.00 e. The normalized spacial score (nSPS) is 16.5. The van der Waals surface area contributed by atoms with Gasteiger partial charge in [-0.05, 0) is 64.2 Å². The van der Waals surface area contributed by atoms with Gasteiger partial charge < -0.3 is 41.5 Å². The van der Waals surface area contributed by atoms with E-state index in [-0.39, 0.29) is 47.3 Å². The van der Waals surface area contributed by atoms with E-state index < -0.39 is 42.4 Å². The summed E-state index contributed by atoms with van der Waals surface area (Å²) in [7, 11) is 0. The number of carboxylic acids is 2. The van der Waals surface area contributed by atoms with Gasteiger partial charge in [0.15, 0.2) is 0 Å². The Kier molecular flexibility index (Phi) is 19.2. The van der Waals surface area contributed by atoms with Crippen molar-refractivity contribution >= 4 is 41.4 Å². The Hall–Kier alpha value is -1.82. The number of rotatable bonds is 14. The van der Waals surface area contributed by atoms with Gasteiger partial charge in [0.2, 0.25) is 17.7 Å². The molecule has 2 atom stereocenters. The minimum atomic E-state index is -1.51. The minimum Gasteiger partial charge on any atom is -0.548 e. The van der Waals surface area contributed by atoms with E-state index in [0.717, 1.165) is 17.7 Å². The first kappa shape index (κ1) is 34.2. The van der Waals surface area contributed by atoms with Crippen molar-refractivity contribution in [2.75, 3.05) is 24.6 Å². The van der Waals surface area contributed by atoms with Crippen LogP contribution in [0.25, 0.3) is 0 Å². The van der Waals surface area contributed by atoms with Crippen molar-refractivity contribution in [3.05, 3.63) is 63.7 Å². The number of nitrogens with one attached hydrogen (secondary N) is 3. The molecule has 11 nitrogen and oxygen atoms in total. The van der Waals surface area contributed by atoms with Crippen LogP contribution in [0.3, 0.4) is 0 Å². The van der Waals surface area contributed by atoms with Gasteiger partial charge >= 0.3 is 17.1 Å². The molecule has 196 valence electrons. The Bertz CT molecular complexity index is 696. The molecule has 5 N–H and O–H groups in total. The molecule has 2 aliphatic carbocycles. The SMILES string of the molecule is N[C@@H](CCC(=O)N[C@H](CSCC(=O)NC[C]1[CH][CH][CH][CH]1)C(=O)NCC(=O)[O-])C(=O)[O-].[CH]1[CH][CH][CH][CH]1.[Fe+2]. The monoisotopic (exact) mass is 560 g/mol. The molecular formula is C23H28FeN4O7S. The molecule has 2 saturated carbocycles. The van der Waals surface area contributed by atoms with E-state index in [0.29, 0.717) is 6.54 Å². The van der Waals surface area contributed by atoms with Crippen molar-refractivity contribution in [2.24, 2.45) is 5.73 Å². The molecule has 0 bridgehead atoms. The summed E-state index contributed by atoms with van der Waals surface area (Å²) in [6.45, 7) is -0.386. The van der Waals surface area contributed by atoms with E-state index in [2.05, 4.69) is 16.0 Å². The van der Waals surface area contributed by atoms with Crippen LogP contribution >= 0.6 is 11.8 Å². The Morgan fingerprint density at radius 1 is 0.889 bits per heavy atom. The molecule has 0 spiro atoms. The van der Waals surface area contributed by atoms with Crippen LogP contribution in [0.5, 0.6) is 0 Å². The van der Waals surface area contributed by atoms with Crippen LogP contribution < -0.4 is 31.9 Å². The summed E-state index contributed by atoms with van der Waals surface area (Å²) >= 11 is 1.06. The standard InChI is InChI=1S/C18H25N4O7S.C5H5.Fe/c19-12(18(28)29)5-6-14(23)22-13(17(27)21-8-16(25)26)9-30-10-15(24)20-7-11-3-1-2-4-11;1-2-4-5-3-1;/h1-4,12-13H,5-10,19H2,(H,20,24)(H,21,27)(H,22,23)(H,25,26)(H,28,29);1-5H;/q;;+2/p-2/t12-,13+;;/m0../s1. The molecule has 13 heteroatoms. The number of hydrogen-bond donors (Lipinski definition) is 4. The van der Waals surface area contributed by atoms with Crippen molar-refractivity contribution in [3.63, 3.8) is 0 Å². The van der Waals surface area contributed by atoms with Crippen LogP contribution in [0.1, 0.15) is 12.8 Å². The van der Waals surface area contributed by atoms with Crippen molar-refractivity contribution in [1.82, 2.24) is 16.0 Å². The van der Waals surface area contributed by atoms with Crippen LogP contribution in [-0.4, -0.2) is 66.3 Å².